The molecular formula is C18H16N4O4. The van der Waals surface area contributed by atoms with Gasteiger partial charge in [-0.15, -0.1) is 0 Å². The minimum Gasteiger partial charge on any atom is -0.316 e. The number of aromatic nitrogens is 2. The summed E-state index contributed by atoms with van der Waals surface area (Å²) in [5.41, 5.74) is 0.427. The second-order valence-electron chi connectivity index (χ2n) is 5.66. The standard InChI is InChI=1S/C18H16N4O4/c1-12-16(18(24)21(20(12)2)13-8-4-3-5-9-13)19-17(23)14-10-6-7-11-15(14)22(25)26/h3-11H,1-2H3,(H,19,23). The Morgan fingerprint density at radius 1 is 1.08 bits per heavy atom. The number of nitro benzene ring substituents is 1. The highest BCUT2D eigenvalue weighted by Gasteiger charge is 2.23. The Morgan fingerprint density at radius 3 is 2.35 bits per heavy atom. The van der Waals surface area contributed by atoms with Crippen LogP contribution in [0, 0.1) is 17.0 Å². The second-order valence-corrected chi connectivity index (χ2v) is 5.66. The highest BCUT2D eigenvalue weighted by atomic mass is 16.6. The van der Waals surface area contributed by atoms with Crippen LogP contribution in [0.15, 0.2) is 59.4 Å². The van der Waals surface area contributed by atoms with E-state index in [4.69, 9.17) is 0 Å². The number of carbonyl (C=O) groups excluding carboxylic acids is 1. The van der Waals surface area contributed by atoms with Crippen molar-refractivity contribution in [2.45, 2.75) is 6.92 Å². The molecule has 0 saturated carbocycles. The summed E-state index contributed by atoms with van der Waals surface area (Å²) in [6.45, 7) is 1.69. The van der Waals surface area contributed by atoms with E-state index in [1.165, 1.54) is 28.9 Å². The number of hydrogen-bond donors (Lipinski definition) is 1. The van der Waals surface area contributed by atoms with Crippen molar-refractivity contribution in [1.29, 1.82) is 0 Å². The van der Waals surface area contributed by atoms with Crippen LogP contribution in [0.4, 0.5) is 11.4 Å². The van der Waals surface area contributed by atoms with Crippen molar-refractivity contribution < 1.29 is 9.72 Å². The van der Waals surface area contributed by atoms with Gasteiger partial charge in [-0.05, 0) is 25.1 Å². The second kappa shape index (κ2) is 6.67. The summed E-state index contributed by atoms with van der Waals surface area (Å²) in [4.78, 5) is 35.8. The van der Waals surface area contributed by atoms with Crippen molar-refractivity contribution in [3.8, 4) is 5.69 Å². The summed E-state index contributed by atoms with van der Waals surface area (Å²) in [5, 5.41) is 13.6. The number of nitrogens with one attached hydrogen (secondary N) is 1. The lowest BCUT2D eigenvalue weighted by Gasteiger charge is -2.07. The molecule has 0 aliphatic rings. The summed E-state index contributed by atoms with van der Waals surface area (Å²) in [6.07, 6.45) is 0. The maximum Gasteiger partial charge on any atom is 0.295 e. The quantitative estimate of drug-likeness (QED) is 0.576. The van der Waals surface area contributed by atoms with Crippen LogP contribution in [0.1, 0.15) is 16.1 Å². The number of rotatable bonds is 4. The van der Waals surface area contributed by atoms with E-state index in [2.05, 4.69) is 5.32 Å². The molecule has 0 atom stereocenters. The summed E-state index contributed by atoms with van der Waals surface area (Å²) >= 11 is 0. The molecule has 0 unspecified atom stereocenters. The molecule has 3 rings (SSSR count). The molecule has 1 heterocycles. The largest absolute Gasteiger partial charge is 0.316 e. The molecule has 2 aromatic carbocycles. The zero-order chi connectivity index (χ0) is 18.8. The fourth-order valence-electron chi connectivity index (χ4n) is 2.72. The van der Waals surface area contributed by atoms with Gasteiger partial charge in [0, 0.05) is 13.1 Å². The molecule has 8 nitrogen and oxygen atoms in total. The van der Waals surface area contributed by atoms with Crippen molar-refractivity contribution in [3.05, 3.63) is 86.3 Å². The maximum absolute atomic E-state index is 12.8. The summed E-state index contributed by atoms with van der Waals surface area (Å²) in [7, 11) is 1.70. The zero-order valence-electron chi connectivity index (χ0n) is 14.2. The van der Waals surface area contributed by atoms with Gasteiger partial charge in [0.15, 0.2) is 0 Å². The summed E-state index contributed by atoms with van der Waals surface area (Å²) in [6, 6.07) is 14.6. The molecule has 1 N–H and O–H groups in total. The molecule has 0 aliphatic carbocycles. The van der Waals surface area contributed by atoms with Crippen molar-refractivity contribution in [1.82, 2.24) is 9.36 Å². The fraction of sp³-hybridized carbons (Fsp3) is 0.111. The van der Waals surface area contributed by atoms with Gasteiger partial charge in [0.25, 0.3) is 17.2 Å². The van der Waals surface area contributed by atoms with E-state index in [0.717, 1.165) is 0 Å². The number of benzene rings is 2. The molecule has 0 fully saturated rings. The molecule has 3 aromatic rings. The van der Waals surface area contributed by atoms with Gasteiger partial charge < -0.3 is 5.32 Å². The van der Waals surface area contributed by atoms with Crippen LogP contribution in [0.25, 0.3) is 5.69 Å². The van der Waals surface area contributed by atoms with E-state index in [1.807, 2.05) is 6.07 Å². The minimum absolute atomic E-state index is 0.0829. The number of carbonyl (C=O) groups is 1. The highest BCUT2D eigenvalue weighted by Crippen LogP contribution is 2.20. The smallest absolute Gasteiger partial charge is 0.295 e. The van der Waals surface area contributed by atoms with Crippen LogP contribution < -0.4 is 10.9 Å². The van der Waals surface area contributed by atoms with Crippen LogP contribution in [-0.4, -0.2) is 20.2 Å². The Morgan fingerprint density at radius 2 is 1.69 bits per heavy atom. The molecule has 8 heteroatoms. The van der Waals surface area contributed by atoms with E-state index in [1.54, 1.807) is 42.9 Å². The molecule has 0 bridgehead atoms. The molecule has 26 heavy (non-hydrogen) atoms. The van der Waals surface area contributed by atoms with Crippen LogP contribution >= 0.6 is 0 Å². The van der Waals surface area contributed by atoms with E-state index in [-0.39, 0.29) is 16.9 Å². The van der Waals surface area contributed by atoms with Gasteiger partial charge >= 0.3 is 0 Å². The number of para-hydroxylation sites is 2. The van der Waals surface area contributed by atoms with Crippen LogP contribution in [0.3, 0.4) is 0 Å². The molecule has 1 aromatic heterocycles. The van der Waals surface area contributed by atoms with Crippen LogP contribution in [-0.2, 0) is 7.05 Å². The van der Waals surface area contributed by atoms with Gasteiger partial charge in [0.05, 0.1) is 16.3 Å². The zero-order valence-corrected chi connectivity index (χ0v) is 14.2. The average Bonchev–Trinajstić information content (AvgIpc) is 2.85. The predicted octanol–water partition coefficient (Wildman–Crippen LogP) is 2.64. The molecule has 0 radical (unpaired) electrons. The van der Waals surface area contributed by atoms with Gasteiger partial charge in [-0.25, -0.2) is 4.68 Å². The lowest BCUT2D eigenvalue weighted by atomic mass is 10.1. The summed E-state index contributed by atoms with van der Waals surface area (Å²) in [5.74, 6) is -0.705. The topological polar surface area (TPSA) is 99.2 Å². The van der Waals surface area contributed by atoms with Crippen molar-refractivity contribution >= 4 is 17.3 Å². The van der Waals surface area contributed by atoms with Gasteiger partial charge in [-0.2, -0.15) is 0 Å². The third-order valence-electron chi connectivity index (χ3n) is 4.14. The van der Waals surface area contributed by atoms with Gasteiger partial charge in [-0.1, -0.05) is 30.3 Å². The Hall–Kier alpha value is -3.68. The van der Waals surface area contributed by atoms with Gasteiger partial charge in [-0.3, -0.25) is 24.4 Å². The summed E-state index contributed by atoms with van der Waals surface area (Å²) < 4.78 is 3.04. The molecule has 0 spiro atoms. The number of anilines is 1. The molecule has 0 saturated heterocycles. The van der Waals surface area contributed by atoms with Crippen molar-refractivity contribution in [2.24, 2.45) is 7.05 Å². The van der Waals surface area contributed by atoms with Crippen molar-refractivity contribution in [3.63, 3.8) is 0 Å². The van der Waals surface area contributed by atoms with Crippen LogP contribution in [0.2, 0.25) is 0 Å². The van der Waals surface area contributed by atoms with Gasteiger partial charge in [0.2, 0.25) is 0 Å². The molecule has 132 valence electrons. The maximum atomic E-state index is 12.8. The third kappa shape index (κ3) is 2.88. The molecule has 0 aliphatic heterocycles. The Labute approximate surface area is 148 Å². The Kier molecular flexibility index (Phi) is 4.40. The first-order valence-corrected chi connectivity index (χ1v) is 7.80. The highest BCUT2D eigenvalue weighted by molar-refractivity contribution is 6.07. The molecule has 1 amide bonds. The predicted molar refractivity (Wildman–Crippen MR) is 96.8 cm³/mol. The average molecular weight is 352 g/mol. The lowest BCUT2D eigenvalue weighted by molar-refractivity contribution is -0.385. The number of amides is 1. The van der Waals surface area contributed by atoms with E-state index in [9.17, 15) is 19.7 Å². The van der Waals surface area contributed by atoms with E-state index in [0.29, 0.717) is 11.4 Å². The third-order valence-corrected chi connectivity index (χ3v) is 4.14. The first kappa shape index (κ1) is 17.2. The SMILES string of the molecule is Cc1c(NC(=O)c2ccccc2[N+](=O)[O-])c(=O)n(-c2ccccc2)n1C. The lowest BCUT2D eigenvalue weighted by Crippen LogP contribution is -2.23. The number of nitro groups is 1. The number of hydrogen-bond acceptors (Lipinski definition) is 4. The minimum atomic E-state index is -0.705. The number of nitrogens with zero attached hydrogens (tertiary/aromatic N) is 3. The van der Waals surface area contributed by atoms with Crippen molar-refractivity contribution in [2.75, 3.05) is 5.32 Å². The normalized spacial score (nSPS) is 10.5. The fourth-order valence-corrected chi connectivity index (χ4v) is 2.72. The van der Waals surface area contributed by atoms with Crippen LogP contribution in [0.5, 0.6) is 0 Å². The van der Waals surface area contributed by atoms with Gasteiger partial charge in [0.1, 0.15) is 11.3 Å². The molecular weight excluding hydrogens is 336 g/mol. The van der Waals surface area contributed by atoms with E-state index >= 15 is 0 Å². The monoisotopic (exact) mass is 352 g/mol. The first-order chi connectivity index (χ1) is 12.4. The first-order valence-electron chi connectivity index (χ1n) is 7.80. The van der Waals surface area contributed by atoms with E-state index < -0.39 is 16.4 Å². The Balaban J connectivity index is 2.04. The Bertz CT molecular complexity index is 1050.